The number of aromatic nitrogens is 1. The molecule has 0 aliphatic carbocycles. The van der Waals surface area contributed by atoms with Gasteiger partial charge in [0.05, 0.1) is 11.4 Å². The summed E-state index contributed by atoms with van der Waals surface area (Å²) < 4.78 is 22.6. The summed E-state index contributed by atoms with van der Waals surface area (Å²) in [6.45, 7) is 0. The lowest BCUT2D eigenvalue weighted by Crippen LogP contribution is -2.02. The normalized spacial score (nSPS) is 11.5. The van der Waals surface area contributed by atoms with Gasteiger partial charge in [-0.1, -0.05) is 15.9 Å². The lowest BCUT2D eigenvalue weighted by atomic mass is 10.4. The predicted octanol–water partition coefficient (Wildman–Crippen LogP) is 1.39. The Morgan fingerprint density at radius 2 is 2.25 bits per heavy atom. The molecule has 0 saturated heterocycles. The molecule has 0 saturated carbocycles. The monoisotopic (exact) mass is 249 g/mol. The van der Waals surface area contributed by atoms with Gasteiger partial charge < -0.3 is 0 Å². The standard InChI is InChI=1S/C7H8BrNO2S/c1-12(10,11)5-7-4-6(8)2-3-9-7/h2-4H,5H2,1H3. The molecule has 0 amide bonds. The van der Waals surface area contributed by atoms with E-state index in [0.717, 1.165) is 4.47 Å². The van der Waals surface area contributed by atoms with Crippen LogP contribution in [0, 0.1) is 0 Å². The lowest BCUT2D eigenvalue weighted by molar-refractivity contribution is 0.600. The smallest absolute Gasteiger partial charge is 0.153 e. The van der Waals surface area contributed by atoms with Crippen LogP contribution < -0.4 is 0 Å². The molecule has 66 valence electrons. The fourth-order valence-corrected chi connectivity index (χ4v) is 1.87. The zero-order chi connectivity index (χ0) is 9.19. The van der Waals surface area contributed by atoms with Crippen LogP contribution in [0.5, 0.6) is 0 Å². The van der Waals surface area contributed by atoms with Gasteiger partial charge in [-0.2, -0.15) is 0 Å². The Balaban J connectivity index is 2.91. The molecule has 0 aliphatic rings. The number of hydrogen-bond donors (Lipinski definition) is 0. The number of pyridine rings is 1. The van der Waals surface area contributed by atoms with Crippen molar-refractivity contribution in [2.24, 2.45) is 0 Å². The van der Waals surface area contributed by atoms with E-state index in [2.05, 4.69) is 20.9 Å². The maximum atomic E-state index is 10.9. The minimum Gasteiger partial charge on any atom is -0.260 e. The summed E-state index contributed by atoms with van der Waals surface area (Å²) in [6, 6.07) is 3.45. The first-order chi connectivity index (χ1) is 5.47. The molecule has 0 N–H and O–H groups in total. The first-order valence-electron chi connectivity index (χ1n) is 3.25. The number of rotatable bonds is 2. The predicted molar refractivity (Wildman–Crippen MR) is 50.5 cm³/mol. The third-order valence-electron chi connectivity index (χ3n) is 1.19. The van der Waals surface area contributed by atoms with Gasteiger partial charge in [-0.05, 0) is 12.1 Å². The van der Waals surface area contributed by atoms with Crippen LogP contribution in [0.25, 0.3) is 0 Å². The molecule has 0 aliphatic heterocycles. The molecule has 0 spiro atoms. The topological polar surface area (TPSA) is 47.0 Å². The second kappa shape index (κ2) is 3.53. The molecule has 0 radical (unpaired) electrons. The van der Waals surface area contributed by atoms with Crippen LogP contribution in [-0.4, -0.2) is 19.7 Å². The Bertz CT molecular complexity index is 375. The minimum absolute atomic E-state index is 0.00750. The van der Waals surface area contributed by atoms with Crippen molar-refractivity contribution in [2.75, 3.05) is 6.26 Å². The minimum atomic E-state index is -2.98. The fraction of sp³-hybridized carbons (Fsp3) is 0.286. The highest BCUT2D eigenvalue weighted by molar-refractivity contribution is 9.10. The molecule has 5 heteroatoms. The molecule has 3 nitrogen and oxygen atoms in total. The van der Waals surface area contributed by atoms with Gasteiger partial charge in [0.15, 0.2) is 9.84 Å². The summed E-state index contributed by atoms with van der Waals surface area (Å²) in [5, 5.41) is 0. The number of hydrogen-bond acceptors (Lipinski definition) is 3. The summed E-state index contributed by atoms with van der Waals surface area (Å²) in [4.78, 5) is 3.92. The van der Waals surface area contributed by atoms with Crippen molar-refractivity contribution in [2.45, 2.75) is 5.75 Å². The third kappa shape index (κ3) is 3.32. The number of halogens is 1. The summed E-state index contributed by atoms with van der Waals surface area (Å²) in [6.07, 6.45) is 2.76. The molecule has 12 heavy (non-hydrogen) atoms. The van der Waals surface area contributed by atoms with Crippen molar-refractivity contribution in [3.63, 3.8) is 0 Å². The van der Waals surface area contributed by atoms with E-state index in [1.165, 1.54) is 6.26 Å². The first kappa shape index (κ1) is 9.67. The average Bonchev–Trinajstić information content (AvgIpc) is 1.82. The quantitative estimate of drug-likeness (QED) is 0.796. The van der Waals surface area contributed by atoms with Crippen molar-refractivity contribution in [1.82, 2.24) is 4.98 Å². The number of sulfone groups is 1. The third-order valence-corrected chi connectivity index (χ3v) is 2.50. The molecule has 0 fully saturated rings. The Hall–Kier alpha value is -0.420. The molecule has 1 aromatic rings. The molecule has 0 atom stereocenters. The molecule has 0 unspecified atom stereocenters. The Morgan fingerprint density at radius 1 is 1.58 bits per heavy atom. The van der Waals surface area contributed by atoms with Crippen molar-refractivity contribution >= 4 is 25.8 Å². The molecular weight excluding hydrogens is 242 g/mol. The van der Waals surface area contributed by atoms with Crippen LogP contribution in [0.4, 0.5) is 0 Å². The molecule has 1 rings (SSSR count). The highest BCUT2D eigenvalue weighted by atomic mass is 79.9. The van der Waals surface area contributed by atoms with Crippen LogP contribution >= 0.6 is 15.9 Å². The first-order valence-corrected chi connectivity index (χ1v) is 6.11. The van der Waals surface area contributed by atoms with Gasteiger partial charge in [-0.3, -0.25) is 4.98 Å². The van der Waals surface area contributed by atoms with Crippen molar-refractivity contribution in [1.29, 1.82) is 0 Å². The molecule has 1 heterocycles. The van der Waals surface area contributed by atoms with Crippen molar-refractivity contribution in [3.05, 3.63) is 28.5 Å². The van der Waals surface area contributed by atoms with Gasteiger partial charge in [0.25, 0.3) is 0 Å². The van der Waals surface area contributed by atoms with Gasteiger partial charge in [0.2, 0.25) is 0 Å². The Labute approximate surface area is 79.9 Å². The lowest BCUT2D eigenvalue weighted by Gasteiger charge is -1.97. The Kier molecular flexibility index (Phi) is 2.85. The SMILES string of the molecule is CS(=O)(=O)Cc1cc(Br)ccn1. The molecule has 0 aromatic carbocycles. The van der Waals surface area contributed by atoms with E-state index >= 15 is 0 Å². The van der Waals surface area contributed by atoms with Crippen LogP contribution in [0.1, 0.15) is 5.69 Å². The maximum Gasteiger partial charge on any atom is 0.153 e. The zero-order valence-corrected chi connectivity index (χ0v) is 8.89. The zero-order valence-electron chi connectivity index (χ0n) is 6.49. The van der Waals surface area contributed by atoms with Gasteiger partial charge in [-0.25, -0.2) is 8.42 Å². The molecular formula is C7H8BrNO2S. The fourth-order valence-electron chi connectivity index (χ4n) is 0.796. The highest BCUT2D eigenvalue weighted by Gasteiger charge is 2.05. The summed E-state index contributed by atoms with van der Waals surface area (Å²) >= 11 is 3.23. The average molecular weight is 250 g/mol. The van der Waals surface area contributed by atoms with Crippen LogP contribution in [0.2, 0.25) is 0 Å². The van der Waals surface area contributed by atoms with Crippen LogP contribution in [0.3, 0.4) is 0 Å². The second-order valence-electron chi connectivity index (χ2n) is 2.54. The van der Waals surface area contributed by atoms with Gasteiger partial charge >= 0.3 is 0 Å². The molecule has 1 aromatic heterocycles. The van der Waals surface area contributed by atoms with E-state index in [1.54, 1.807) is 18.3 Å². The van der Waals surface area contributed by atoms with E-state index in [4.69, 9.17) is 0 Å². The summed E-state index contributed by atoms with van der Waals surface area (Å²) in [7, 11) is -2.98. The van der Waals surface area contributed by atoms with Gasteiger partial charge in [0.1, 0.15) is 0 Å². The molecule has 0 bridgehead atoms. The van der Waals surface area contributed by atoms with E-state index in [9.17, 15) is 8.42 Å². The Morgan fingerprint density at radius 3 is 2.75 bits per heavy atom. The maximum absolute atomic E-state index is 10.9. The van der Waals surface area contributed by atoms with Gasteiger partial charge in [0, 0.05) is 16.9 Å². The largest absolute Gasteiger partial charge is 0.260 e. The van der Waals surface area contributed by atoms with Crippen molar-refractivity contribution in [3.8, 4) is 0 Å². The second-order valence-corrected chi connectivity index (χ2v) is 5.59. The number of nitrogens with zero attached hydrogens (tertiary/aromatic N) is 1. The summed E-state index contributed by atoms with van der Waals surface area (Å²) in [5.74, 6) is -0.00750. The highest BCUT2D eigenvalue weighted by Crippen LogP contribution is 2.10. The van der Waals surface area contributed by atoms with E-state index in [-0.39, 0.29) is 5.75 Å². The van der Waals surface area contributed by atoms with Crippen LogP contribution in [-0.2, 0) is 15.6 Å². The summed E-state index contributed by atoms with van der Waals surface area (Å²) in [5.41, 5.74) is 0.562. The van der Waals surface area contributed by atoms with E-state index in [1.807, 2.05) is 0 Å². The van der Waals surface area contributed by atoms with Crippen molar-refractivity contribution < 1.29 is 8.42 Å². The van der Waals surface area contributed by atoms with E-state index < -0.39 is 9.84 Å². The van der Waals surface area contributed by atoms with Crippen LogP contribution in [0.15, 0.2) is 22.8 Å². The van der Waals surface area contributed by atoms with Gasteiger partial charge in [-0.15, -0.1) is 0 Å². The van der Waals surface area contributed by atoms with E-state index in [0.29, 0.717) is 5.69 Å².